The molecule has 1 amide bonds. The second-order valence-electron chi connectivity index (χ2n) is 8.53. The van der Waals surface area contributed by atoms with Crippen LogP contribution in [0, 0.1) is 17.8 Å². The van der Waals surface area contributed by atoms with Gasteiger partial charge in [-0.15, -0.1) is 0 Å². The smallest absolute Gasteiger partial charge is 0.410 e. The maximum atomic E-state index is 12.0. The Morgan fingerprint density at radius 3 is 1.87 bits per heavy atom. The SMILES string of the molecule is CC(C)(C)OC(=O)N1CCC(C(NS)C2CC2)CC1.CC(C)C. The molecule has 5 heteroatoms. The lowest BCUT2D eigenvalue weighted by atomic mass is 9.87. The normalized spacial score (nSPS) is 20.8. The minimum Gasteiger partial charge on any atom is -0.444 e. The van der Waals surface area contributed by atoms with Crippen LogP contribution in [-0.2, 0) is 4.74 Å². The van der Waals surface area contributed by atoms with Crippen molar-refractivity contribution in [3.05, 3.63) is 0 Å². The van der Waals surface area contributed by atoms with E-state index in [9.17, 15) is 4.79 Å². The average molecular weight is 345 g/mol. The topological polar surface area (TPSA) is 41.6 Å². The summed E-state index contributed by atoms with van der Waals surface area (Å²) in [5, 5.41) is 0. The van der Waals surface area contributed by atoms with Gasteiger partial charge in [-0.1, -0.05) is 33.6 Å². The van der Waals surface area contributed by atoms with Crippen molar-refractivity contribution < 1.29 is 9.53 Å². The second kappa shape index (κ2) is 9.16. The fourth-order valence-electron chi connectivity index (χ4n) is 2.82. The Balaban J connectivity index is 0.000000593. The molecule has 1 heterocycles. The van der Waals surface area contributed by atoms with Crippen LogP contribution in [-0.4, -0.2) is 35.7 Å². The minimum absolute atomic E-state index is 0.173. The van der Waals surface area contributed by atoms with Gasteiger partial charge in [0.2, 0.25) is 0 Å². The number of nitrogens with one attached hydrogen (secondary N) is 1. The van der Waals surface area contributed by atoms with Crippen LogP contribution in [0.5, 0.6) is 0 Å². The lowest BCUT2D eigenvalue weighted by molar-refractivity contribution is 0.0169. The van der Waals surface area contributed by atoms with Crippen molar-refractivity contribution in [1.82, 2.24) is 9.62 Å². The van der Waals surface area contributed by atoms with E-state index >= 15 is 0 Å². The minimum atomic E-state index is -0.406. The van der Waals surface area contributed by atoms with E-state index in [0.717, 1.165) is 37.8 Å². The van der Waals surface area contributed by atoms with E-state index < -0.39 is 5.60 Å². The summed E-state index contributed by atoms with van der Waals surface area (Å²) in [6, 6.07) is 0.518. The van der Waals surface area contributed by atoms with Gasteiger partial charge in [0.05, 0.1) is 0 Å². The fourth-order valence-corrected chi connectivity index (χ4v) is 3.24. The Labute approximate surface area is 148 Å². The second-order valence-corrected chi connectivity index (χ2v) is 8.79. The van der Waals surface area contributed by atoms with E-state index in [1.807, 2.05) is 25.7 Å². The summed E-state index contributed by atoms with van der Waals surface area (Å²) in [6.07, 6.45) is 4.57. The zero-order valence-corrected chi connectivity index (χ0v) is 16.7. The third-order valence-electron chi connectivity index (χ3n) is 3.98. The van der Waals surface area contributed by atoms with E-state index in [1.165, 1.54) is 12.8 Å². The van der Waals surface area contributed by atoms with Crippen molar-refractivity contribution in [1.29, 1.82) is 0 Å². The number of thiol groups is 1. The van der Waals surface area contributed by atoms with Gasteiger partial charge in [0, 0.05) is 19.1 Å². The van der Waals surface area contributed by atoms with Gasteiger partial charge in [0.25, 0.3) is 0 Å². The maximum absolute atomic E-state index is 12.0. The largest absolute Gasteiger partial charge is 0.444 e. The number of nitrogens with zero attached hydrogens (tertiary/aromatic N) is 1. The Kier molecular flexibility index (Phi) is 8.22. The summed E-state index contributed by atoms with van der Waals surface area (Å²) in [4.78, 5) is 13.8. The number of piperidine rings is 1. The Morgan fingerprint density at radius 2 is 1.52 bits per heavy atom. The Morgan fingerprint density at radius 1 is 1.09 bits per heavy atom. The van der Waals surface area contributed by atoms with Gasteiger partial charge >= 0.3 is 6.09 Å². The molecule has 1 atom stereocenters. The van der Waals surface area contributed by atoms with Gasteiger partial charge in [0.1, 0.15) is 5.60 Å². The maximum Gasteiger partial charge on any atom is 0.410 e. The molecule has 1 saturated carbocycles. The van der Waals surface area contributed by atoms with Crippen molar-refractivity contribution in [2.24, 2.45) is 17.8 Å². The molecule has 1 aliphatic carbocycles. The molecule has 0 bridgehead atoms. The monoisotopic (exact) mass is 344 g/mol. The molecular formula is C18H36N2O2S. The van der Waals surface area contributed by atoms with E-state index in [0.29, 0.717) is 12.0 Å². The van der Waals surface area contributed by atoms with Crippen LogP contribution in [0.1, 0.15) is 67.2 Å². The Hall–Kier alpha value is -0.420. The molecule has 0 radical (unpaired) electrons. The first-order valence-corrected chi connectivity index (χ1v) is 9.46. The van der Waals surface area contributed by atoms with Gasteiger partial charge in [-0.3, -0.25) is 4.72 Å². The number of hydrogen-bond acceptors (Lipinski definition) is 4. The van der Waals surface area contributed by atoms with Crippen LogP contribution in [0.25, 0.3) is 0 Å². The number of carbonyl (C=O) groups excluding carboxylic acids is 1. The lowest BCUT2D eigenvalue weighted by Crippen LogP contribution is -2.45. The summed E-state index contributed by atoms with van der Waals surface area (Å²) >= 11 is 4.27. The third kappa shape index (κ3) is 8.30. The van der Waals surface area contributed by atoms with E-state index in [1.54, 1.807) is 0 Å². The van der Waals surface area contributed by atoms with Crippen molar-refractivity contribution in [2.75, 3.05) is 13.1 Å². The molecule has 0 aromatic heterocycles. The quantitative estimate of drug-likeness (QED) is 0.740. The van der Waals surface area contributed by atoms with E-state index in [4.69, 9.17) is 4.74 Å². The zero-order chi connectivity index (χ0) is 17.6. The molecule has 0 spiro atoms. The molecule has 1 N–H and O–H groups in total. The number of amides is 1. The first kappa shape index (κ1) is 20.6. The molecule has 1 unspecified atom stereocenters. The van der Waals surface area contributed by atoms with Crippen LogP contribution in [0.3, 0.4) is 0 Å². The van der Waals surface area contributed by atoms with E-state index in [2.05, 4.69) is 38.3 Å². The number of carbonyl (C=O) groups is 1. The van der Waals surface area contributed by atoms with Crippen molar-refractivity contribution >= 4 is 18.9 Å². The predicted octanol–water partition coefficient (Wildman–Crippen LogP) is 4.51. The van der Waals surface area contributed by atoms with Crippen molar-refractivity contribution in [2.45, 2.75) is 78.9 Å². The molecule has 23 heavy (non-hydrogen) atoms. The van der Waals surface area contributed by atoms with E-state index in [-0.39, 0.29) is 6.09 Å². The summed E-state index contributed by atoms with van der Waals surface area (Å²) < 4.78 is 8.59. The summed E-state index contributed by atoms with van der Waals surface area (Å²) in [7, 11) is 0. The summed E-state index contributed by atoms with van der Waals surface area (Å²) in [5.41, 5.74) is -0.406. The molecule has 4 nitrogen and oxygen atoms in total. The average Bonchev–Trinajstić information content (AvgIpc) is 3.22. The van der Waals surface area contributed by atoms with Gasteiger partial charge in [-0.2, -0.15) is 0 Å². The lowest BCUT2D eigenvalue weighted by Gasteiger charge is -2.36. The highest BCUT2D eigenvalue weighted by Crippen LogP contribution is 2.39. The summed E-state index contributed by atoms with van der Waals surface area (Å²) in [5.74, 6) is 2.28. The van der Waals surface area contributed by atoms with Gasteiger partial charge in [-0.05, 0) is 64.2 Å². The molecule has 136 valence electrons. The highest BCUT2D eigenvalue weighted by Gasteiger charge is 2.38. The van der Waals surface area contributed by atoms with Gasteiger partial charge in [-0.25, -0.2) is 4.79 Å². The fraction of sp³-hybridized carbons (Fsp3) is 0.944. The first-order valence-electron chi connectivity index (χ1n) is 9.01. The zero-order valence-electron chi connectivity index (χ0n) is 15.8. The number of likely N-dealkylation sites (tertiary alicyclic amines) is 1. The van der Waals surface area contributed by atoms with Crippen LogP contribution >= 0.6 is 12.8 Å². The van der Waals surface area contributed by atoms with Crippen molar-refractivity contribution in [3.8, 4) is 0 Å². The third-order valence-corrected chi connectivity index (χ3v) is 4.28. The molecule has 2 rings (SSSR count). The molecule has 1 saturated heterocycles. The Bertz CT molecular complexity index is 354. The van der Waals surface area contributed by atoms with Crippen molar-refractivity contribution in [3.63, 3.8) is 0 Å². The van der Waals surface area contributed by atoms with Crippen LogP contribution < -0.4 is 4.72 Å². The number of rotatable bonds is 3. The number of hydrogen-bond donors (Lipinski definition) is 2. The van der Waals surface area contributed by atoms with Crippen LogP contribution in [0.15, 0.2) is 0 Å². The van der Waals surface area contributed by atoms with Crippen LogP contribution in [0.2, 0.25) is 0 Å². The molecule has 0 aromatic carbocycles. The molecule has 2 aliphatic rings. The molecule has 2 fully saturated rings. The van der Waals surface area contributed by atoms with Crippen LogP contribution in [0.4, 0.5) is 4.79 Å². The summed E-state index contributed by atoms with van der Waals surface area (Å²) in [6.45, 7) is 13.8. The first-order chi connectivity index (χ1) is 10.6. The molecular weight excluding hydrogens is 308 g/mol. The highest BCUT2D eigenvalue weighted by molar-refractivity contribution is 7.78. The molecule has 1 aliphatic heterocycles. The predicted molar refractivity (Wildman–Crippen MR) is 99.7 cm³/mol. The highest BCUT2D eigenvalue weighted by atomic mass is 32.1. The standard InChI is InChI=1S/C14H26N2O2S.C4H10/c1-14(2,3)18-13(17)16-8-6-11(7-9-16)12(15-19)10-4-5-10;1-4(2)3/h10-12,15,19H,4-9H2,1-3H3;4H,1-3H3. The molecule has 0 aromatic rings. The van der Waals surface area contributed by atoms with Gasteiger partial charge < -0.3 is 9.64 Å². The number of ether oxygens (including phenoxy) is 1. The van der Waals surface area contributed by atoms with Gasteiger partial charge in [0.15, 0.2) is 0 Å².